The summed E-state index contributed by atoms with van der Waals surface area (Å²) in [6.45, 7) is 0.351. The summed E-state index contributed by atoms with van der Waals surface area (Å²) in [7, 11) is 1.64. The second kappa shape index (κ2) is 10.3. The molecule has 1 amide bonds. The first-order valence-corrected chi connectivity index (χ1v) is 11.6. The summed E-state index contributed by atoms with van der Waals surface area (Å²) < 4.78 is 5.80. The molecule has 0 aliphatic carbocycles. The van der Waals surface area contributed by atoms with Gasteiger partial charge in [0.25, 0.3) is 5.91 Å². The lowest BCUT2D eigenvalue weighted by molar-refractivity contribution is -0.121. The van der Waals surface area contributed by atoms with Gasteiger partial charge in [0.05, 0.1) is 21.2 Å². The lowest BCUT2D eigenvalue weighted by Gasteiger charge is -2.09. The number of carbonyl (C=O) groups is 2. The number of thioether (sulfide) groups is 1. The fourth-order valence-electron chi connectivity index (χ4n) is 3.06. The Morgan fingerprint density at radius 2 is 1.79 bits per heavy atom. The molecular formula is C25H18Cl2N2O4S. The summed E-state index contributed by atoms with van der Waals surface area (Å²) in [4.78, 5) is 30.1. The van der Waals surface area contributed by atoms with Gasteiger partial charge in [-0.2, -0.15) is 0 Å². The van der Waals surface area contributed by atoms with E-state index in [0.717, 1.165) is 11.1 Å². The average molecular weight is 513 g/mol. The maximum atomic E-state index is 12.7. The smallest absolute Gasteiger partial charge is 0.335 e. The number of amidine groups is 1. The molecule has 0 spiro atoms. The molecule has 9 heteroatoms. The number of carboxylic acids is 1. The van der Waals surface area contributed by atoms with Crippen molar-refractivity contribution in [3.05, 3.63) is 98.4 Å². The van der Waals surface area contributed by atoms with Crippen LogP contribution in [-0.4, -0.2) is 34.1 Å². The summed E-state index contributed by atoms with van der Waals surface area (Å²) in [6, 6.07) is 18.8. The van der Waals surface area contributed by atoms with Crippen LogP contribution in [0.5, 0.6) is 5.75 Å². The number of benzene rings is 3. The van der Waals surface area contributed by atoms with Crippen molar-refractivity contribution in [3.8, 4) is 5.75 Å². The van der Waals surface area contributed by atoms with Gasteiger partial charge < -0.3 is 9.84 Å². The fourth-order valence-corrected chi connectivity index (χ4v) is 4.41. The Hall–Kier alpha value is -3.26. The molecule has 1 N–H and O–H groups in total. The number of ether oxygens (including phenoxy) is 1. The Morgan fingerprint density at radius 1 is 1.09 bits per heavy atom. The first-order valence-electron chi connectivity index (χ1n) is 10.1. The SMILES string of the molecule is CN1C(=O)/C(=C/c2ccc(OCc3ccc(Cl)cc3)c(Cl)c2)SC1=Nc1ccc(C(=O)O)cc1. The zero-order valence-electron chi connectivity index (χ0n) is 17.9. The van der Waals surface area contributed by atoms with Gasteiger partial charge in [0.1, 0.15) is 12.4 Å². The van der Waals surface area contributed by atoms with E-state index in [1.165, 1.54) is 28.8 Å². The molecule has 0 bridgehead atoms. The van der Waals surface area contributed by atoms with Gasteiger partial charge in [-0.1, -0.05) is 41.4 Å². The molecule has 34 heavy (non-hydrogen) atoms. The van der Waals surface area contributed by atoms with Crippen LogP contribution >= 0.6 is 35.0 Å². The van der Waals surface area contributed by atoms with Gasteiger partial charge in [-0.15, -0.1) is 0 Å². The summed E-state index contributed by atoms with van der Waals surface area (Å²) in [5.41, 5.74) is 2.44. The summed E-state index contributed by atoms with van der Waals surface area (Å²) in [6.07, 6.45) is 1.74. The molecule has 1 fully saturated rings. The Kier molecular flexibility index (Phi) is 7.26. The second-order valence-corrected chi connectivity index (χ2v) is 9.18. The number of hydrogen-bond donors (Lipinski definition) is 1. The topological polar surface area (TPSA) is 79.2 Å². The van der Waals surface area contributed by atoms with Crippen molar-refractivity contribution in [2.75, 3.05) is 7.05 Å². The molecule has 0 radical (unpaired) electrons. The van der Waals surface area contributed by atoms with Gasteiger partial charge in [0.2, 0.25) is 0 Å². The Balaban J connectivity index is 1.47. The first kappa shape index (κ1) is 23.9. The van der Waals surface area contributed by atoms with Crippen LogP contribution in [0.3, 0.4) is 0 Å². The van der Waals surface area contributed by atoms with E-state index in [9.17, 15) is 9.59 Å². The van der Waals surface area contributed by atoms with E-state index in [-0.39, 0.29) is 11.5 Å². The van der Waals surface area contributed by atoms with Gasteiger partial charge >= 0.3 is 5.97 Å². The van der Waals surface area contributed by atoms with E-state index >= 15 is 0 Å². The van der Waals surface area contributed by atoms with Gasteiger partial charge in [0.15, 0.2) is 5.17 Å². The van der Waals surface area contributed by atoms with E-state index in [1.54, 1.807) is 49.5 Å². The lowest BCUT2D eigenvalue weighted by Crippen LogP contribution is -2.23. The molecule has 1 heterocycles. The number of hydrogen-bond acceptors (Lipinski definition) is 5. The zero-order chi connectivity index (χ0) is 24.2. The summed E-state index contributed by atoms with van der Waals surface area (Å²) in [5, 5.41) is 10.6. The highest BCUT2D eigenvalue weighted by Gasteiger charge is 2.30. The van der Waals surface area contributed by atoms with E-state index < -0.39 is 5.97 Å². The summed E-state index contributed by atoms with van der Waals surface area (Å²) >= 11 is 13.5. The minimum Gasteiger partial charge on any atom is -0.487 e. The number of rotatable bonds is 6. The van der Waals surface area contributed by atoms with Crippen LogP contribution in [0.15, 0.2) is 76.6 Å². The molecule has 6 nitrogen and oxygen atoms in total. The van der Waals surface area contributed by atoms with E-state index in [2.05, 4.69) is 4.99 Å². The summed E-state index contributed by atoms with van der Waals surface area (Å²) in [5.74, 6) is -0.662. The number of aliphatic imine (C=N–C) groups is 1. The van der Waals surface area contributed by atoms with Gasteiger partial charge in [0, 0.05) is 12.1 Å². The van der Waals surface area contributed by atoms with Crippen LogP contribution in [0.1, 0.15) is 21.5 Å². The highest BCUT2D eigenvalue weighted by Crippen LogP contribution is 2.34. The van der Waals surface area contributed by atoms with Crippen molar-refractivity contribution in [1.82, 2.24) is 4.90 Å². The third-order valence-electron chi connectivity index (χ3n) is 4.90. The standard InChI is InChI=1S/C25H18Cl2N2O4S/c1-29-23(30)22(34-25(29)28-19-9-5-17(6-10-19)24(31)32)13-16-4-11-21(20(27)12-16)33-14-15-2-7-18(26)8-3-15/h2-13H,14H2,1H3,(H,31,32)/b22-13-,28-25?. The maximum Gasteiger partial charge on any atom is 0.335 e. The molecular weight excluding hydrogens is 495 g/mol. The van der Waals surface area contributed by atoms with E-state index in [0.29, 0.717) is 38.2 Å². The minimum absolute atomic E-state index is 0.172. The van der Waals surface area contributed by atoms with Crippen molar-refractivity contribution in [2.45, 2.75) is 6.61 Å². The van der Waals surface area contributed by atoms with Crippen LogP contribution in [0.4, 0.5) is 5.69 Å². The molecule has 1 saturated heterocycles. The number of halogens is 2. The quantitative estimate of drug-likeness (QED) is 0.381. The molecule has 4 rings (SSSR count). The predicted octanol–water partition coefficient (Wildman–Crippen LogP) is 6.50. The largest absolute Gasteiger partial charge is 0.487 e. The van der Waals surface area contributed by atoms with E-state index in [4.69, 9.17) is 33.0 Å². The first-order chi connectivity index (χ1) is 16.3. The molecule has 0 saturated carbocycles. The van der Waals surface area contributed by atoms with Crippen LogP contribution in [0.25, 0.3) is 6.08 Å². The average Bonchev–Trinajstić information content (AvgIpc) is 3.07. The molecule has 0 atom stereocenters. The predicted molar refractivity (Wildman–Crippen MR) is 136 cm³/mol. The Labute approximate surface area is 210 Å². The van der Waals surface area contributed by atoms with Crippen molar-refractivity contribution >= 4 is 63.8 Å². The van der Waals surface area contributed by atoms with Crippen LogP contribution in [-0.2, 0) is 11.4 Å². The van der Waals surface area contributed by atoms with E-state index in [1.807, 2.05) is 18.2 Å². The van der Waals surface area contributed by atoms with Crippen molar-refractivity contribution < 1.29 is 19.4 Å². The van der Waals surface area contributed by atoms with Gasteiger partial charge in [-0.3, -0.25) is 9.69 Å². The lowest BCUT2D eigenvalue weighted by atomic mass is 10.2. The molecule has 0 unspecified atom stereocenters. The molecule has 3 aromatic rings. The van der Waals surface area contributed by atoms with Crippen molar-refractivity contribution in [3.63, 3.8) is 0 Å². The normalized spacial score (nSPS) is 15.9. The Morgan fingerprint density at radius 3 is 2.44 bits per heavy atom. The van der Waals surface area contributed by atoms with Crippen molar-refractivity contribution in [1.29, 1.82) is 0 Å². The number of amides is 1. The van der Waals surface area contributed by atoms with Crippen LogP contribution in [0.2, 0.25) is 10.0 Å². The number of nitrogens with zero attached hydrogens (tertiary/aromatic N) is 2. The minimum atomic E-state index is -1.01. The third kappa shape index (κ3) is 5.62. The van der Waals surface area contributed by atoms with Crippen molar-refractivity contribution in [2.24, 2.45) is 4.99 Å². The Bertz CT molecular complexity index is 1310. The molecule has 172 valence electrons. The molecule has 1 aliphatic heterocycles. The highest BCUT2D eigenvalue weighted by molar-refractivity contribution is 8.18. The van der Waals surface area contributed by atoms with Crippen LogP contribution in [0, 0.1) is 0 Å². The zero-order valence-corrected chi connectivity index (χ0v) is 20.2. The van der Waals surface area contributed by atoms with Gasteiger partial charge in [-0.05, 0) is 77.5 Å². The fraction of sp³-hybridized carbons (Fsp3) is 0.0800. The number of carboxylic acid groups (broad SMARTS) is 1. The third-order valence-corrected chi connectivity index (χ3v) is 6.51. The molecule has 0 aromatic heterocycles. The highest BCUT2D eigenvalue weighted by atomic mass is 35.5. The van der Waals surface area contributed by atoms with Gasteiger partial charge in [-0.25, -0.2) is 9.79 Å². The number of likely N-dealkylation sites (N-methyl/N-ethyl adjacent to an activating group) is 1. The second-order valence-electron chi connectivity index (χ2n) is 7.33. The molecule has 3 aromatic carbocycles. The number of carbonyl (C=O) groups excluding carboxylic acids is 1. The number of aromatic carboxylic acids is 1. The maximum absolute atomic E-state index is 12.7. The monoisotopic (exact) mass is 512 g/mol. The molecule has 1 aliphatic rings. The van der Waals surface area contributed by atoms with Crippen LogP contribution < -0.4 is 4.74 Å².